The van der Waals surface area contributed by atoms with Crippen molar-refractivity contribution in [1.29, 1.82) is 0 Å². The van der Waals surface area contributed by atoms with Crippen molar-refractivity contribution in [2.24, 2.45) is 5.41 Å². The van der Waals surface area contributed by atoms with Crippen molar-refractivity contribution >= 4 is 24.8 Å². The number of rotatable bonds is 1. The molecule has 84 valence electrons. The number of likely N-dealkylation sites (tertiary alicyclic amines) is 1. The van der Waals surface area contributed by atoms with Gasteiger partial charge in [-0.25, -0.2) is 0 Å². The number of halogens is 2. The lowest BCUT2D eigenvalue weighted by Crippen LogP contribution is -2.62. The molecule has 0 aromatic carbocycles. The van der Waals surface area contributed by atoms with Crippen molar-refractivity contribution in [3.63, 3.8) is 0 Å². The van der Waals surface area contributed by atoms with E-state index in [0.717, 1.165) is 11.5 Å². The van der Waals surface area contributed by atoms with Gasteiger partial charge >= 0.3 is 0 Å². The van der Waals surface area contributed by atoms with Crippen LogP contribution in [0, 0.1) is 5.41 Å². The molecule has 0 radical (unpaired) electrons. The highest BCUT2D eigenvalue weighted by Gasteiger charge is 2.49. The quantitative estimate of drug-likeness (QED) is 0.749. The summed E-state index contributed by atoms with van der Waals surface area (Å²) in [6.45, 7) is 5.32. The first kappa shape index (κ1) is 12.6. The maximum absolute atomic E-state index is 3.44. The van der Waals surface area contributed by atoms with E-state index in [1.807, 2.05) is 0 Å². The zero-order valence-electron chi connectivity index (χ0n) is 8.50. The van der Waals surface area contributed by atoms with Gasteiger partial charge in [0.1, 0.15) is 0 Å². The Labute approximate surface area is 98.6 Å². The van der Waals surface area contributed by atoms with Crippen LogP contribution in [-0.2, 0) is 0 Å². The molecule has 0 bridgehead atoms. The van der Waals surface area contributed by atoms with Crippen molar-refractivity contribution in [1.82, 2.24) is 10.2 Å². The van der Waals surface area contributed by atoms with E-state index < -0.39 is 0 Å². The summed E-state index contributed by atoms with van der Waals surface area (Å²) in [6, 6.07) is 0.885. The smallest absolute Gasteiger partial charge is 0.0233 e. The van der Waals surface area contributed by atoms with Crippen molar-refractivity contribution in [3.8, 4) is 0 Å². The van der Waals surface area contributed by atoms with Crippen LogP contribution in [0.25, 0.3) is 0 Å². The number of nitrogens with zero attached hydrogens (tertiary/aromatic N) is 1. The Balaban J connectivity index is 0.000000490. The Bertz CT molecular complexity index is 181. The summed E-state index contributed by atoms with van der Waals surface area (Å²) in [5.74, 6) is 0. The predicted octanol–water partition coefficient (Wildman–Crippen LogP) is 1.68. The molecule has 4 heteroatoms. The van der Waals surface area contributed by atoms with Crippen molar-refractivity contribution in [2.45, 2.75) is 31.7 Å². The van der Waals surface area contributed by atoms with Crippen LogP contribution in [0.1, 0.15) is 25.7 Å². The van der Waals surface area contributed by atoms with Gasteiger partial charge in [-0.1, -0.05) is 6.42 Å². The van der Waals surface area contributed by atoms with E-state index in [-0.39, 0.29) is 24.8 Å². The molecule has 1 spiro atoms. The van der Waals surface area contributed by atoms with E-state index >= 15 is 0 Å². The van der Waals surface area contributed by atoms with Crippen LogP contribution in [0.3, 0.4) is 0 Å². The van der Waals surface area contributed by atoms with Gasteiger partial charge in [-0.2, -0.15) is 0 Å². The average molecular weight is 239 g/mol. The van der Waals surface area contributed by atoms with Crippen LogP contribution in [0.2, 0.25) is 0 Å². The van der Waals surface area contributed by atoms with Crippen molar-refractivity contribution < 1.29 is 0 Å². The Kier molecular flexibility index (Phi) is 4.10. The van der Waals surface area contributed by atoms with Gasteiger partial charge in [0.15, 0.2) is 0 Å². The van der Waals surface area contributed by atoms with E-state index in [4.69, 9.17) is 0 Å². The SMILES string of the molecule is C1CC2(C1)CN([C@H]1CCNC1)C2.Cl.Cl. The standard InChI is InChI=1S/C10H18N2.2ClH/c1-3-10(4-1)7-12(8-10)9-2-5-11-6-9;;/h9,11H,1-8H2;2*1H/t9-;;/m0../s1. The highest BCUT2D eigenvalue weighted by Crippen LogP contribution is 2.48. The maximum Gasteiger partial charge on any atom is 0.0233 e. The van der Waals surface area contributed by atoms with Crippen LogP contribution in [-0.4, -0.2) is 37.1 Å². The summed E-state index contributed by atoms with van der Waals surface area (Å²) >= 11 is 0. The molecule has 2 heterocycles. The Morgan fingerprint density at radius 3 is 2.29 bits per heavy atom. The highest BCUT2D eigenvalue weighted by molar-refractivity contribution is 5.85. The second-order valence-corrected chi connectivity index (χ2v) is 4.91. The van der Waals surface area contributed by atoms with E-state index in [0.29, 0.717) is 0 Å². The van der Waals surface area contributed by atoms with E-state index in [1.54, 1.807) is 0 Å². The summed E-state index contributed by atoms with van der Waals surface area (Å²) in [6.07, 6.45) is 5.92. The summed E-state index contributed by atoms with van der Waals surface area (Å²) in [7, 11) is 0. The van der Waals surface area contributed by atoms with Crippen LogP contribution in [0.15, 0.2) is 0 Å². The minimum Gasteiger partial charge on any atom is -0.315 e. The molecule has 3 fully saturated rings. The Morgan fingerprint density at radius 1 is 1.14 bits per heavy atom. The monoisotopic (exact) mass is 238 g/mol. The maximum atomic E-state index is 3.44. The summed E-state index contributed by atoms with van der Waals surface area (Å²) in [5.41, 5.74) is 0.822. The fraction of sp³-hybridized carbons (Fsp3) is 1.00. The molecular weight excluding hydrogens is 219 g/mol. The minimum absolute atomic E-state index is 0. The summed E-state index contributed by atoms with van der Waals surface area (Å²) in [5, 5.41) is 3.44. The van der Waals surface area contributed by atoms with Crippen LogP contribution in [0.5, 0.6) is 0 Å². The zero-order valence-corrected chi connectivity index (χ0v) is 10.1. The van der Waals surface area contributed by atoms with Crippen LogP contribution < -0.4 is 5.32 Å². The molecule has 1 saturated carbocycles. The lowest BCUT2D eigenvalue weighted by molar-refractivity contribution is -0.0789. The molecule has 2 aliphatic heterocycles. The van der Waals surface area contributed by atoms with E-state index in [1.165, 1.54) is 51.9 Å². The molecule has 2 saturated heterocycles. The molecule has 0 amide bonds. The summed E-state index contributed by atoms with van der Waals surface area (Å²) in [4.78, 5) is 2.69. The second kappa shape index (κ2) is 4.56. The fourth-order valence-corrected chi connectivity index (χ4v) is 3.02. The molecule has 0 aromatic rings. The average Bonchev–Trinajstić information content (AvgIpc) is 2.32. The largest absolute Gasteiger partial charge is 0.315 e. The van der Waals surface area contributed by atoms with Gasteiger partial charge in [-0.15, -0.1) is 24.8 Å². The first-order valence-electron chi connectivity index (χ1n) is 5.33. The summed E-state index contributed by atoms with van der Waals surface area (Å²) < 4.78 is 0. The minimum atomic E-state index is 0. The number of nitrogens with one attached hydrogen (secondary N) is 1. The molecule has 3 rings (SSSR count). The van der Waals surface area contributed by atoms with Gasteiger partial charge in [0.25, 0.3) is 0 Å². The molecule has 1 atom stereocenters. The highest BCUT2D eigenvalue weighted by atomic mass is 35.5. The third-order valence-electron chi connectivity index (χ3n) is 4.04. The van der Waals surface area contributed by atoms with Crippen LogP contribution >= 0.6 is 24.8 Å². The molecule has 2 nitrogen and oxygen atoms in total. The van der Waals surface area contributed by atoms with Crippen molar-refractivity contribution in [2.75, 3.05) is 26.2 Å². The lowest BCUT2D eigenvalue weighted by Gasteiger charge is -2.58. The zero-order chi connectivity index (χ0) is 8.02. The molecule has 0 aromatic heterocycles. The third kappa shape index (κ3) is 1.90. The van der Waals surface area contributed by atoms with Gasteiger partial charge in [0.2, 0.25) is 0 Å². The molecule has 0 unspecified atom stereocenters. The van der Waals surface area contributed by atoms with E-state index in [9.17, 15) is 0 Å². The topological polar surface area (TPSA) is 15.3 Å². The normalized spacial score (nSPS) is 33.9. The van der Waals surface area contributed by atoms with E-state index in [2.05, 4.69) is 10.2 Å². The van der Waals surface area contributed by atoms with Gasteiger partial charge < -0.3 is 5.32 Å². The molecule has 1 aliphatic carbocycles. The first-order valence-corrected chi connectivity index (χ1v) is 5.33. The first-order chi connectivity index (χ1) is 5.88. The van der Waals surface area contributed by atoms with Gasteiger partial charge in [-0.3, -0.25) is 4.90 Å². The molecule has 3 aliphatic rings. The van der Waals surface area contributed by atoms with Gasteiger partial charge in [0, 0.05) is 25.7 Å². The van der Waals surface area contributed by atoms with Gasteiger partial charge in [-0.05, 0) is 31.2 Å². The Morgan fingerprint density at radius 2 is 1.86 bits per heavy atom. The fourth-order valence-electron chi connectivity index (χ4n) is 3.02. The second-order valence-electron chi connectivity index (χ2n) is 4.91. The molecule has 14 heavy (non-hydrogen) atoms. The van der Waals surface area contributed by atoms with Gasteiger partial charge in [0.05, 0.1) is 0 Å². The van der Waals surface area contributed by atoms with Crippen molar-refractivity contribution in [3.05, 3.63) is 0 Å². The third-order valence-corrected chi connectivity index (χ3v) is 4.04. The molecular formula is C10H20Cl2N2. The van der Waals surface area contributed by atoms with Crippen LogP contribution in [0.4, 0.5) is 0 Å². The number of hydrogen-bond acceptors (Lipinski definition) is 2. The Hall–Kier alpha value is 0.500. The molecule has 1 N–H and O–H groups in total. The predicted molar refractivity (Wildman–Crippen MR) is 63.6 cm³/mol. The number of hydrogen-bond donors (Lipinski definition) is 1. The lowest BCUT2D eigenvalue weighted by atomic mass is 9.63.